The molecule has 3 rings (SSSR count). The van der Waals surface area contributed by atoms with E-state index in [2.05, 4.69) is 15.5 Å². The Morgan fingerprint density at radius 3 is 2.61 bits per heavy atom. The van der Waals surface area contributed by atoms with E-state index in [1.54, 1.807) is 24.3 Å². The molecule has 0 radical (unpaired) electrons. The first-order valence-electron chi connectivity index (χ1n) is 8.56. The van der Waals surface area contributed by atoms with Gasteiger partial charge < -0.3 is 9.47 Å². The Bertz CT molecular complexity index is 946. The predicted molar refractivity (Wildman–Crippen MR) is 103 cm³/mol. The number of Topliss-reactive ketones (excluding diaryl/α,β-unsaturated/α-hetero) is 1. The Morgan fingerprint density at radius 2 is 1.82 bits per heavy atom. The van der Waals surface area contributed by atoms with Gasteiger partial charge in [0.25, 0.3) is 0 Å². The molecule has 0 bridgehead atoms. The number of ketones is 1. The van der Waals surface area contributed by atoms with Crippen LogP contribution < -0.4 is 4.74 Å². The predicted octanol–water partition coefficient (Wildman–Crippen LogP) is 2.58. The van der Waals surface area contributed by atoms with Gasteiger partial charge in [-0.05, 0) is 29.5 Å². The number of hydrogen-bond donors (Lipinski definition) is 0. The molecular formula is C19H18N4O4S. The highest BCUT2D eigenvalue weighted by atomic mass is 32.2. The van der Waals surface area contributed by atoms with Crippen LogP contribution in [0, 0.1) is 0 Å². The third kappa shape index (κ3) is 4.95. The summed E-state index contributed by atoms with van der Waals surface area (Å²) in [6.45, 7) is 2.09. The van der Waals surface area contributed by atoms with E-state index in [4.69, 9.17) is 9.47 Å². The van der Waals surface area contributed by atoms with Crippen LogP contribution in [0.4, 0.5) is 0 Å². The van der Waals surface area contributed by atoms with Gasteiger partial charge in [-0.3, -0.25) is 9.59 Å². The molecule has 0 aliphatic carbocycles. The molecule has 0 N–H and O–H groups in total. The highest BCUT2D eigenvalue weighted by Gasteiger charge is 2.16. The minimum absolute atomic E-state index is 0.0285. The number of hydrogen-bond acceptors (Lipinski definition) is 8. The third-order valence-electron chi connectivity index (χ3n) is 3.61. The number of esters is 1. The fraction of sp³-hybridized carbons (Fsp3) is 0.211. The number of thioether (sulfide) groups is 1. The highest BCUT2D eigenvalue weighted by molar-refractivity contribution is 7.99. The minimum Gasteiger partial charge on any atom is -0.492 e. The quantitative estimate of drug-likeness (QED) is 0.308. The van der Waals surface area contributed by atoms with E-state index in [0.29, 0.717) is 28.8 Å². The van der Waals surface area contributed by atoms with Crippen molar-refractivity contribution in [3.8, 4) is 11.4 Å². The molecule has 0 saturated carbocycles. The SMILES string of the molecule is CCOc1ccccc1-n1nnnc1SCC(=O)OCC(=O)c1ccccc1. The van der Waals surface area contributed by atoms with E-state index in [0.717, 1.165) is 11.8 Å². The van der Waals surface area contributed by atoms with Gasteiger partial charge >= 0.3 is 5.97 Å². The second-order valence-electron chi connectivity index (χ2n) is 5.51. The summed E-state index contributed by atoms with van der Waals surface area (Å²) < 4.78 is 12.1. The second-order valence-corrected chi connectivity index (χ2v) is 6.46. The Labute approximate surface area is 165 Å². The van der Waals surface area contributed by atoms with Crippen molar-refractivity contribution in [2.45, 2.75) is 12.1 Å². The Balaban J connectivity index is 1.58. The number of para-hydroxylation sites is 2. The first-order valence-corrected chi connectivity index (χ1v) is 9.55. The largest absolute Gasteiger partial charge is 0.492 e. The molecule has 1 aromatic heterocycles. The average Bonchev–Trinajstić information content (AvgIpc) is 3.20. The molecule has 0 aliphatic heterocycles. The van der Waals surface area contributed by atoms with Gasteiger partial charge in [-0.25, -0.2) is 0 Å². The number of carbonyl (C=O) groups excluding carboxylic acids is 2. The summed E-state index contributed by atoms with van der Waals surface area (Å²) in [5.41, 5.74) is 1.17. The molecule has 0 spiro atoms. The molecule has 0 saturated heterocycles. The van der Waals surface area contributed by atoms with Crippen LogP contribution in [0.15, 0.2) is 59.8 Å². The lowest BCUT2D eigenvalue weighted by Gasteiger charge is -2.10. The maximum Gasteiger partial charge on any atom is 0.316 e. The van der Waals surface area contributed by atoms with Gasteiger partial charge in [-0.2, -0.15) is 4.68 Å². The van der Waals surface area contributed by atoms with Crippen molar-refractivity contribution < 1.29 is 19.1 Å². The first-order chi connectivity index (χ1) is 13.7. The number of ether oxygens (including phenoxy) is 2. The summed E-state index contributed by atoms with van der Waals surface area (Å²) in [6, 6.07) is 16.0. The van der Waals surface area contributed by atoms with Crippen molar-refractivity contribution in [1.82, 2.24) is 20.2 Å². The summed E-state index contributed by atoms with van der Waals surface area (Å²) in [7, 11) is 0. The second kappa shape index (κ2) is 9.65. The van der Waals surface area contributed by atoms with Crippen molar-refractivity contribution >= 4 is 23.5 Å². The maximum atomic E-state index is 12.0. The lowest BCUT2D eigenvalue weighted by Crippen LogP contribution is -2.15. The molecule has 28 heavy (non-hydrogen) atoms. The van der Waals surface area contributed by atoms with Crippen LogP contribution in [0.25, 0.3) is 5.69 Å². The first kappa shape index (κ1) is 19.6. The number of benzene rings is 2. The van der Waals surface area contributed by atoms with E-state index in [-0.39, 0.29) is 18.1 Å². The summed E-state index contributed by atoms with van der Waals surface area (Å²) in [4.78, 5) is 24.0. The van der Waals surface area contributed by atoms with Gasteiger partial charge in [0.2, 0.25) is 5.16 Å². The monoisotopic (exact) mass is 398 g/mol. The van der Waals surface area contributed by atoms with Gasteiger partial charge in [0, 0.05) is 5.56 Å². The van der Waals surface area contributed by atoms with E-state index < -0.39 is 5.97 Å². The van der Waals surface area contributed by atoms with Crippen LogP contribution in [0.3, 0.4) is 0 Å². The number of carbonyl (C=O) groups is 2. The average molecular weight is 398 g/mol. The number of aromatic nitrogens is 4. The van der Waals surface area contributed by atoms with Gasteiger partial charge in [-0.1, -0.05) is 54.2 Å². The molecule has 0 fully saturated rings. The maximum absolute atomic E-state index is 12.0. The number of nitrogens with zero attached hydrogens (tertiary/aromatic N) is 4. The number of rotatable bonds is 9. The zero-order valence-electron chi connectivity index (χ0n) is 15.1. The summed E-state index contributed by atoms with van der Waals surface area (Å²) in [6.07, 6.45) is 0. The van der Waals surface area contributed by atoms with Gasteiger partial charge in [0.15, 0.2) is 12.4 Å². The molecule has 9 heteroatoms. The van der Waals surface area contributed by atoms with Crippen molar-refractivity contribution in [3.05, 3.63) is 60.2 Å². The van der Waals surface area contributed by atoms with Gasteiger partial charge in [0.05, 0.1) is 12.4 Å². The van der Waals surface area contributed by atoms with Crippen molar-refractivity contribution in [3.63, 3.8) is 0 Å². The van der Waals surface area contributed by atoms with Crippen LogP contribution in [0.1, 0.15) is 17.3 Å². The van der Waals surface area contributed by atoms with Crippen molar-refractivity contribution in [2.24, 2.45) is 0 Å². The van der Waals surface area contributed by atoms with Crippen LogP contribution >= 0.6 is 11.8 Å². The zero-order valence-corrected chi connectivity index (χ0v) is 16.0. The van der Waals surface area contributed by atoms with Crippen LogP contribution in [-0.4, -0.2) is 50.9 Å². The lowest BCUT2D eigenvalue weighted by atomic mass is 10.1. The standard InChI is InChI=1S/C19H18N4O4S/c1-2-26-17-11-7-6-10-15(17)23-19(20-21-22-23)28-13-18(25)27-12-16(24)14-8-4-3-5-9-14/h3-11H,2,12-13H2,1H3. The molecule has 0 aliphatic rings. The molecule has 0 amide bonds. The molecule has 8 nitrogen and oxygen atoms in total. The fourth-order valence-electron chi connectivity index (χ4n) is 2.35. The fourth-order valence-corrected chi connectivity index (χ4v) is 3.03. The van der Waals surface area contributed by atoms with Crippen LogP contribution in [0.5, 0.6) is 5.75 Å². The normalized spacial score (nSPS) is 10.5. The molecule has 144 valence electrons. The summed E-state index contributed by atoms with van der Waals surface area (Å²) >= 11 is 1.12. The molecule has 2 aromatic carbocycles. The minimum atomic E-state index is -0.526. The molecule has 0 atom stereocenters. The van der Waals surface area contributed by atoms with E-state index in [9.17, 15) is 9.59 Å². The van der Waals surface area contributed by atoms with Gasteiger partial charge in [0.1, 0.15) is 11.4 Å². The Morgan fingerprint density at radius 1 is 1.07 bits per heavy atom. The lowest BCUT2D eigenvalue weighted by molar-refractivity contribution is -0.139. The summed E-state index contributed by atoms with van der Waals surface area (Å²) in [5.74, 6) is -0.175. The molecule has 1 heterocycles. The van der Waals surface area contributed by atoms with Crippen molar-refractivity contribution in [2.75, 3.05) is 19.0 Å². The van der Waals surface area contributed by atoms with Crippen LogP contribution in [-0.2, 0) is 9.53 Å². The third-order valence-corrected chi connectivity index (χ3v) is 4.51. The number of tetrazole rings is 1. The van der Waals surface area contributed by atoms with Crippen LogP contribution in [0.2, 0.25) is 0 Å². The topological polar surface area (TPSA) is 96.2 Å². The van der Waals surface area contributed by atoms with E-state index in [1.807, 2.05) is 37.3 Å². The molecule has 0 unspecified atom stereocenters. The van der Waals surface area contributed by atoms with Crippen molar-refractivity contribution in [1.29, 1.82) is 0 Å². The Hall–Kier alpha value is -3.20. The molecular weight excluding hydrogens is 380 g/mol. The zero-order chi connectivity index (χ0) is 19.8. The summed E-state index contributed by atoms with van der Waals surface area (Å²) in [5, 5.41) is 12.0. The Kier molecular flexibility index (Phi) is 6.74. The smallest absolute Gasteiger partial charge is 0.316 e. The van der Waals surface area contributed by atoms with E-state index in [1.165, 1.54) is 4.68 Å². The molecule has 3 aromatic rings. The highest BCUT2D eigenvalue weighted by Crippen LogP contribution is 2.25. The van der Waals surface area contributed by atoms with Gasteiger partial charge in [-0.15, -0.1) is 5.10 Å². The van der Waals surface area contributed by atoms with E-state index >= 15 is 0 Å².